The highest BCUT2D eigenvalue weighted by Gasteiger charge is 2.09. The minimum absolute atomic E-state index is 0.0128. The van der Waals surface area contributed by atoms with Crippen LogP contribution in [-0.4, -0.2) is 54.8 Å². The summed E-state index contributed by atoms with van der Waals surface area (Å²) >= 11 is 1.68. The summed E-state index contributed by atoms with van der Waals surface area (Å²) in [5.41, 5.74) is 6.33. The molecule has 1 atom stereocenters. The summed E-state index contributed by atoms with van der Waals surface area (Å²) in [7, 11) is 0. The van der Waals surface area contributed by atoms with Crippen molar-refractivity contribution in [3.8, 4) is 17.2 Å². The van der Waals surface area contributed by atoms with Crippen LogP contribution < -0.4 is 20.5 Å². The molecule has 8 heteroatoms. The molecule has 5 N–H and O–H groups in total. The summed E-state index contributed by atoms with van der Waals surface area (Å²) in [6.45, 7) is 3.38. The van der Waals surface area contributed by atoms with Gasteiger partial charge >= 0.3 is 0 Å². The summed E-state index contributed by atoms with van der Waals surface area (Å²) in [5, 5.41) is 22.6. The van der Waals surface area contributed by atoms with Gasteiger partial charge in [0.25, 0.3) is 5.91 Å². The average molecular weight is 407 g/mol. The third-order valence-corrected chi connectivity index (χ3v) is 4.87. The number of hydrogen-bond donors (Lipinski definition) is 4. The van der Waals surface area contributed by atoms with Crippen LogP contribution in [0.3, 0.4) is 0 Å². The van der Waals surface area contributed by atoms with Crippen LogP contribution in [0.15, 0.2) is 41.3 Å². The zero-order valence-electron chi connectivity index (χ0n) is 16.0. The summed E-state index contributed by atoms with van der Waals surface area (Å²) in [6.07, 6.45) is 1.37. The maximum Gasteiger partial charge on any atom is 0.252 e. The van der Waals surface area contributed by atoms with Crippen LogP contribution in [0.25, 0.3) is 0 Å². The first-order chi connectivity index (χ1) is 13.4. The Kier molecular flexibility index (Phi) is 8.43. The van der Waals surface area contributed by atoms with Crippen molar-refractivity contribution in [2.45, 2.75) is 17.9 Å². The Balaban J connectivity index is 1.66. The molecule has 0 aliphatic carbocycles. The Morgan fingerprint density at radius 3 is 2.61 bits per heavy atom. The van der Waals surface area contributed by atoms with Crippen molar-refractivity contribution in [1.29, 1.82) is 0 Å². The molecule has 152 valence electrons. The number of aliphatic hydroxyl groups is 1. The molecule has 2 aromatic rings. The predicted octanol–water partition coefficient (Wildman–Crippen LogP) is 1.93. The van der Waals surface area contributed by atoms with Gasteiger partial charge in [0.1, 0.15) is 36.6 Å². The van der Waals surface area contributed by atoms with E-state index in [0.29, 0.717) is 25.4 Å². The van der Waals surface area contributed by atoms with Gasteiger partial charge in [-0.2, -0.15) is 0 Å². The van der Waals surface area contributed by atoms with Crippen LogP contribution in [0.4, 0.5) is 0 Å². The number of nitrogens with two attached hydrogens (primary N) is 1. The fourth-order valence-corrected chi connectivity index (χ4v) is 3.09. The second-order valence-electron chi connectivity index (χ2n) is 6.19. The molecule has 0 saturated carbocycles. The van der Waals surface area contributed by atoms with E-state index >= 15 is 0 Å². The first kappa shape index (κ1) is 21.9. The Morgan fingerprint density at radius 1 is 1.21 bits per heavy atom. The Morgan fingerprint density at radius 2 is 1.93 bits per heavy atom. The van der Waals surface area contributed by atoms with E-state index < -0.39 is 12.0 Å². The van der Waals surface area contributed by atoms with Gasteiger partial charge in [0, 0.05) is 18.0 Å². The second-order valence-corrected chi connectivity index (χ2v) is 7.04. The number of aliphatic hydroxyl groups excluding tert-OH is 1. The number of aromatic hydroxyl groups is 1. The van der Waals surface area contributed by atoms with Crippen LogP contribution >= 0.6 is 11.8 Å². The average Bonchev–Trinajstić information content (AvgIpc) is 2.67. The smallest absolute Gasteiger partial charge is 0.252 e. The molecule has 2 aromatic carbocycles. The number of ether oxygens (including phenoxy) is 2. The van der Waals surface area contributed by atoms with Crippen LogP contribution in [0.5, 0.6) is 17.2 Å². The van der Waals surface area contributed by atoms with E-state index in [4.69, 9.17) is 15.2 Å². The van der Waals surface area contributed by atoms with Crippen molar-refractivity contribution in [2.75, 3.05) is 32.6 Å². The van der Waals surface area contributed by atoms with Crippen molar-refractivity contribution in [2.24, 2.45) is 5.73 Å². The SMILES string of the molecule is CSc1ccc(OCC(O)CNCCOc2ccc(O)c(C(N)=O)c2)cc1C. The Hall–Kier alpha value is -2.42. The number of carbonyl (C=O) groups is 1. The minimum atomic E-state index is -0.720. The number of nitrogens with one attached hydrogen (secondary N) is 1. The molecule has 0 bridgehead atoms. The van der Waals surface area contributed by atoms with Crippen LogP contribution in [0.1, 0.15) is 15.9 Å². The van der Waals surface area contributed by atoms with Crippen molar-refractivity contribution in [1.82, 2.24) is 5.32 Å². The molecule has 1 unspecified atom stereocenters. The van der Waals surface area contributed by atoms with Gasteiger partial charge in [-0.05, 0) is 55.1 Å². The molecular weight excluding hydrogens is 380 g/mol. The zero-order valence-corrected chi connectivity index (χ0v) is 16.8. The highest BCUT2D eigenvalue weighted by molar-refractivity contribution is 7.98. The van der Waals surface area contributed by atoms with Gasteiger partial charge in [0.05, 0.1) is 5.56 Å². The third kappa shape index (κ3) is 6.63. The lowest BCUT2D eigenvalue weighted by Crippen LogP contribution is -2.33. The molecule has 0 fully saturated rings. The minimum Gasteiger partial charge on any atom is -0.507 e. The molecule has 0 saturated heterocycles. The summed E-state index contributed by atoms with van der Waals surface area (Å²) < 4.78 is 11.1. The number of hydrogen-bond acceptors (Lipinski definition) is 7. The standard InChI is InChI=1S/C20H26N2O5S/c1-13-9-15(4-6-19(13)28-2)27-12-14(23)11-22-7-8-26-16-3-5-18(24)17(10-16)20(21)25/h3-6,9-10,14,22-24H,7-8,11-12H2,1-2H3,(H2,21,25). The van der Waals surface area contributed by atoms with Gasteiger partial charge in [-0.1, -0.05) is 0 Å². The fraction of sp³-hybridized carbons (Fsp3) is 0.350. The van der Waals surface area contributed by atoms with E-state index in [9.17, 15) is 15.0 Å². The molecule has 7 nitrogen and oxygen atoms in total. The number of aryl methyl sites for hydroxylation is 1. The molecule has 28 heavy (non-hydrogen) atoms. The molecular formula is C20H26N2O5S. The van der Waals surface area contributed by atoms with Crippen LogP contribution in [-0.2, 0) is 0 Å². The van der Waals surface area contributed by atoms with Gasteiger partial charge in [-0.15, -0.1) is 11.8 Å². The molecule has 0 radical (unpaired) electrons. The number of primary amides is 1. The van der Waals surface area contributed by atoms with E-state index in [1.807, 2.05) is 31.4 Å². The molecule has 0 heterocycles. The molecule has 2 rings (SSSR count). The molecule has 0 spiro atoms. The number of phenols is 1. The number of thioether (sulfide) groups is 1. The monoisotopic (exact) mass is 406 g/mol. The maximum absolute atomic E-state index is 11.2. The number of carbonyl (C=O) groups excluding carboxylic acids is 1. The van der Waals surface area contributed by atoms with Crippen molar-refractivity contribution in [3.63, 3.8) is 0 Å². The largest absolute Gasteiger partial charge is 0.507 e. The lowest BCUT2D eigenvalue weighted by molar-refractivity contribution is 0.0996. The second kappa shape index (κ2) is 10.8. The van der Waals surface area contributed by atoms with E-state index in [-0.39, 0.29) is 17.9 Å². The zero-order chi connectivity index (χ0) is 20.5. The van der Waals surface area contributed by atoms with E-state index in [1.165, 1.54) is 17.0 Å². The predicted molar refractivity (Wildman–Crippen MR) is 109 cm³/mol. The lowest BCUT2D eigenvalue weighted by Gasteiger charge is -2.14. The first-order valence-corrected chi connectivity index (χ1v) is 10.0. The highest BCUT2D eigenvalue weighted by Crippen LogP contribution is 2.24. The van der Waals surface area contributed by atoms with Crippen molar-refractivity contribution >= 4 is 17.7 Å². The van der Waals surface area contributed by atoms with E-state index in [1.54, 1.807) is 17.8 Å². The highest BCUT2D eigenvalue weighted by atomic mass is 32.2. The molecule has 1 amide bonds. The summed E-state index contributed by atoms with van der Waals surface area (Å²) in [4.78, 5) is 12.4. The fourth-order valence-electron chi connectivity index (χ4n) is 2.50. The van der Waals surface area contributed by atoms with E-state index in [0.717, 1.165) is 11.3 Å². The lowest BCUT2D eigenvalue weighted by atomic mass is 10.2. The van der Waals surface area contributed by atoms with E-state index in [2.05, 4.69) is 5.32 Å². The third-order valence-electron chi connectivity index (χ3n) is 3.97. The maximum atomic E-state index is 11.2. The Bertz CT molecular complexity index is 800. The van der Waals surface area contributed by atoms with Crippen LogP contribution in [0.2, 0.25) is 0 Å². The summed E-state index contributed by atoms with van der Waals surface area (Å²) in [5.74, 6) is 0.262. The van der Waals surface area contributed by atoms with Crippen molar-refractivity contribution < 1.29 is 24.5 Å². The van der Waals surface area contributed by atoms with Crippen molar-refractivity contribution in [3.05, 3.63) is 47.5 Å². The number of amides is 1. The molecule has 0 aliphatic rings. The first-order valence-electron chi connectivity index (χ1n) is 8.82. The quantitative estimate of drug-likeness (QED) is 0.333. The Labute approximate surface area is 168 Å². The van der Waals surface area contributed by atoms with Gasteiger partial charge in [0.2, 0.25) is 0 Å². The van der Waals surface area contributed by atoms with Gasteiger partial charge < -0.3 is 30.7 Å². The summed E-state index contributed by atoms with van der Waals surface area (Å²) in [6, 6.07) is 10.2. The number of benzene rings is 2. The topological polar surface area (TPSA) is 114 Å². The van der Waals surface area contributed by atoms with Gasteiger partial charge in [-0.25, -0.2) is 0 Å². The van der Waals surface area contributed by atoms with Gasteiger partial charge in [-0.3, -0.25) is 4.79 Å². The molecule has 0 aromatic heterocycles. The number of rotatable bonds is 11. The van der Waals surface area contributed by atoms with Gasteiger partial charge in [0.15, 0.2) is 0 Å². The van der Waals surface area contributed by atoms with Crippen LogP contribution in [0, 0.1) is 6.92 Å². The normalized spacial score (nSPS) is 11.8. The molecule has 0 aliphatic heterocycles.